The molecule has 1 fully saturated rings. The molecule has 30 heavy (non-hydrogen) atoms. The van der Waals surface area contributed by atoms with Gasteiger partial charge in [-0.1, -0.05) is 11.2 Å². The van der Waals surface area contributed by atoms with Crippen molar-refractivity contribution < 1.29 is 63.0 Å². The number of carbonyl (C=O) groups excluding carboxylic acids is 3. The maximum atomic E-state index is 12.4. The molecule has 0 radical (unpaired) electrons. The van der Waals surface area contributed by atoms with E-state index in [4.69, 9.17) is 10.9 Å². The summed E-state index contributed by atoms with van der Waals surface area (Å²) in [5.41, 5.74) is 4.48. The fourth-order valence-electron chi connectivity index (χ4n) is 2.77. The van der Waals surface area contributed by atoms with Gasteiger partial charge in [-0.25, -0.2) is 13.8 Å². The Morgan fingerprint density at radius 2 is 2.20 bits per heavy atom. The van der Waals surface area contributed by atoms with Crippen LogP contribution in [-0.2, 0) is 14.4 Å². The molecule has 3 rings (SSSR count). The predicted molar refractivity (Wildman–Crippen MR) is 97.0 cm³/mol. The number of nitrogen functional groups attached to an aromatic ring is 1. The van der Waals surface area contributed by atoms with E-state index in [-0.39, 0.29) is 51.7 Å². The molecule has 4 N–H and O–H groups in total. The fraction of sp³-hybridized carbons (Fsp3) is 0.267. The molecular weight excluding hydrogens is 455 g/mol. The molecule has 154 valence electrons. The van der Waals surface area contributed by atoms with E-state index < -0.39 is 47.0 Å². The van der Waals surface area contributed by atoms with Crippen molar-refractivity contribution in [2.75, 3.05) is 11.5 Å². The SMILES string of the molecule is Nc1nc(/C(=N/O)C(=O)N[C@@H]2C(=O)N3C(C(=O)[O-])=C(/C=C/C(F)F)CS[C@H]23)cs1.[Na+]. The number of oxime groups is 1. The zero-order valence-electron chi connectivity index (χ0n) is 15.2. The summed E-state index contributed by atoms with van der Waals surface area (Å²) in [6.45, 7) is 0. The average molecular weight is 467 g/mol. The van der Waals surface area contributed by atoms with E-state index in [0.717, 1.165) is 34.1 Å². The Hall–Kier alpha value is -2.00. The van der Waals surface area contributed by atoms with Gasteiger partial charge in [0.05, 0.1) is 11.7 Å². The van der Waals surface area contributed by atoms with E-state index >= 15 is 0 Å². The number of aliphatic carboxylic acids is 1. The van der Waals surface area contributed by atoms with Crippen LogP contribution in [0.5, 0.6) is 0 Å². The molecule has 3 heterocycles. The molecular formula is C15H12F2N5NaO5S2. The van der Waals surface area contributed by atoms with Crippen molar-refractivity contribution in [3.63, 3.8) is 0 Å². The zero-order valence-corrected chi connectivity index (χ0v) is 18.9. The number of nitrogens with zero attached hydrogens (tertiary/aromatic N) is 3. The van der Waals surface area contributed by atoms with Crippen LogP contribution in [0.25, 0.3) is 0 Å². The third kappa shape index (κ3) is 4.67. The number of halogens is 2. The quantitative estimate of drug-likeness (QED) is 0.126. The van der Waals surface area contributed by atoms with E-state index in [1.54, 1.807) is 0 Å². The number of hydrogen-bond donors (Lipinski definition) is 3. The number of amides is 2. The molecule has 0 unspecified atom stereocenters. The molecule has 0 spiro atoms. The van der Waals surface area contributed by atoms with Crippen molar-refractivity contribution in [2.45, 2.75) is 17.8 Å². The second-order valence-corrected chi connectivity index (χ2v) is 7.73. The van der Waals surface area contributed by atoms with Crippen molar-refractivity contribution in [1.82, 2.24) is 15.2 Å². The third-order valence-electron chi connectivity index (χ3n) is 4.00. The maximum Gasteiger partial charge on any atom is 1.00 e. The molecule has 0 aliphatic carbocycles. The Labute approximate surface area is 198 Å². The summed E-state index contributed by atoms with van der Waals surface area (Å²) in [5.74, 6) is -3.37. The summed E-state index contributed by atoms with van der Waals surface area (Å²) in [6, 6.07) is -1.12. The van der Waals surface area contributed by atoms with Gasteiger partial charge in [0.25, 0.3) is 18.2 Å². The molecule has 10 nitrogen and oxygen atoms in total. The first kappa shape index (κ1) is 24.3. The number of aromatic nitrogens is 1. The number of nitrogens with two attached hydrogens (primary N) is 1. The van der Waals surface area contributed by atoms with E-state index in [0.29, 0.717) is 6.08 Å². The molecule has 1 aromatic heterocycles. The normalized spacial score (nSPS) is 21.4. The van der Waals surface area contributed by atoms with Gasteiger partial charge in [0, 0.05) is 11.1 Å². The summed E-state index contributed by atoms with van der Waals surface area (Å²) in [5, 5.41) is 26.5. The monoisotopic (exact) mass is 467 g/mol. The summed E-state index contributed by atoms with van der Waals surface area (Å²) >= 11 is 2.09. The Morgan fingerprint density at radius 1 is 1.50 bits per heavy atom. The van der Waals surface area contributed by atoms with Crippen LogP contribution < -0.4 is 45.7 Å². The molecule has 15 heteroatoms. The number of hydrogen-bond acceptors (Lipinski definition) is 10. The van der Waals surface area contributed by atoms with E-state index in [2.05, 4.69) is 15.5 Å². The van der Waals surface area contributed by atoms with Crippen LogP contribution in [-0.4, -0.2) is 62.2 Å². The molecule has 1 aromatic rings. The summed E-state index contributed by atoms with van der Waals surface area (Å²) in [6.07, 6.45) is -1.35. The fourth-order valence-corrected chi connectivity index (χ4v) is 4.63. The first-order valence-corrected chi connectivity index (χ1v) is 9.77. The van der Waals surface area contributed by atoms with Gasteiger partial charge in [0.1, 0.15) is 17.1 Å². The van der Waals surface area contributed by atoms with E-state index in [1.807, 2.05) is 0 Å². The zero-order chi connectivity index (χ0) is 21.3. The minimum Gasteiger partial charge on any atom is -0.543 e. The first-order valence-electron chi connectivity index (χ1n) is 7.84. The number of rotatable bonds is 6. The van der Waals surface area contributed by atoms with Crippen LogP contribution in [0.15, 0.2) is 34.0 Å². The van der Waals surface area contributed by atoms with Crippen molar-refractivity contribution >= 4 is 51.7 Å². The summed E-state index contributed by atoms with van der Waals surface area (Å²) in [4.78, 5) is 41.0. The second-order valence-electron chi connectivity index (χ2n) is 5.74. The van der Waals surface area contributed by atoms with Crippen molar-refractivity contribution in [3.05, 3.63) is 34.5 Å². The smallest absolute Gasteiger partial charge is 0.543 e. The van der Waals surface area contributed by atoms with Gasteiger partial charge in [-0.3, -0.25) is 14.5 Å². The number of anilines is 1. The predicted octanol–water partition coefficient (Wildman–Crippen LogP) is -3.87. The Bertz CT molecular complexity index is 967. The van der Waals surface area contributed by atoms with Gasteiger partial charge >= 0.3 is 29.6 Å². The summed E-state index contributed by atoms with van der Waals surface area (Å²) < 4.78 is 24.8. The molecule has 1 saturated heterocycles. The molecule has 2 atom stereocenters. The Balaban J connectivity index is 0.00000320. The standard InChI is InChI=1S/C15H13F2N5O5S2.Na/c16-7(17)2-1-5-3-28-13-9(12(24)22(13)10(5)14(25)26)20-11(23)8(21-27)6-4-29-15(18)19-6;/h1-2,4,7,9,13,27H,3H2,(H2,18,19)(H,20,23)(H,25,26);/q;+1/p-1/b2-1+,21-8-;/t9-,13-;/m1./s1. The Morgan fingerprint density at radius 3 is 2.73 bits per heavy atom. The van der Waals surface area contributed by atoms with E-state index in [1.165, 1.54) is 5.38 Å². The molecule has 2 aliphatic rings. The van der Waals surface area contributed by atoms with Crippen LogP contribution in [0.2, 0.25) is 0 Å². The number of carboxylic acids is 1. The van der Waals surface area contributed by atoms with E-state index in [9.17, 15) is 28.3 Å². The van der Waals surface area contributed by atoms with Crippen LogP contribution in [0.3, 0.4) is 0 Å². The van der Waals surface area contributed by atoms with Crippen LogP contribution in [0.4, 0.5) is 13.9 Å². The van der Waals surface area contributed by atoms with Gasteiger partial charge in [-0.2, -0.15) is 0 Å². The number of carbonyl (C=O) groups is 3. The van der Waals surface area contributed by atoms with Crippen LogP contribution in [0, 0.1) is 0 Å². The Kier molecular flexibility index (Phi) is 7.99. The number of β-lactam (4-membered cyclic amide) rings is 1. The minimum absolute atomic E-state index is 0. The van der Waals surface area contributed by atoms with Gasteiger partial charge in [-0.05, 0) is 11.6 Å². The van der Waals surface area contributed by atoms with Gasteiger partial charge < -0.3 is 26.2 Å². The van der Waals surface area contributed by atoms with Gasteiger partial charge in [0.2, 0.25) is 0 Å². The van der Waals surface area contributed by atoms with Gasteiger partial charge in [0.15, 0.2) is 10.8 Å². The number of carboxylic acid groups (broad SMARTS) is 1. The summed E-state index contributed by atoms with van der Waals surface area (Å²) in [7, 11) is 0. The molecule has 0 aromatic carbocycles. The number of alkyl halides is 2. The van der Waals surface area contributed by atoms with Gasteiger partial charge in [-0.15, -0.1) is 23.1 Å². The van der Waals surface area contributed by atoms with Crippen LogP contribution >= 0.6 is 23.1 Å². The minimum atomic E-state index is -2.79. The maximum absolute atomic E-state index is 12.4. The molecule has 0 saturated carbocycles. The number of fused-ring (bicyclic) bond motifs is 1. The number of thiazole rings is 1. The second kappa shape index (κ2) is 9.87. The van der Waals surface area contributed by atoms with Crippen molar-refractivity contribution in [3.8, 4) is 0 Å². The topological polar surface area (TPSA) is 161 Å². The third-order valence-corrected chi connectivity index (χ3v) is 5.98. The van der Waals surface area contributed by atoms with Crippen molar-refractivity contribution in [1.29, 1.82) is 0 Å². The largest absolute Gasteiger partial charge is 1.00 e. The first-order chi connectivity index (χ1) is 13.7. The van der Waals surface area contributed by atoms with Crippen LogP contribution in [0.1, 0.15) is 5.69 Å². The number of nitrogens with one attached hydrogen (secondary N) is 1. The average Bonchev–Trinajstić information content (AvgIpc) is 3.09. The number of allylic oxidation sites excluding steroid dienone is 2. The van der Waals surface area contributed by atoms with Crippen molar-refractivity contribution in [2.24, 2.45) is 5.16 Å². The molecule has 2 aliphatic heterocycles. The number of thioether (sulfide) groups is 1. The molecule has 0 bridgehead atoms. The molecule has 2 amide bonds.